The van der Waals surface area contributed by atoms with Gasteiger partial charge < -0.3 is 4.90 Å². The number of rotatable bonds is 1. The predicted octanol–water partition coefficient (Wildman–Crippen LogP) is 3.08. The van der Waals surface area contributed by atoms with Crippen LogP contribution in [0.15, 0.2) is 18.2 Å². The van der Waals surface area contributed by atoms with Crippen molar-refractivity contribution in [3.05, 3.63) is 34.9 Å². The Bertz CT molecular complexity index is 550. The molecule has 0 aromatic heterocycles. The lowest BCUT2D eigenvalue weighted by Crippen LogP contribution is -2.32. The number of ketones is 1. The van der Waals surface area contributed by atoms with Crippen LogP contribution >= 0.6 is 0 Å². The van der Waals surface area contributed by atoms with Gasteiger partial charge in [-0.2, -0.15) is 0 Å². The third-order valence-corrected chi connectivity index (χ3v) is 4.61. The van der Waals surface area contributed by atoms with Crippen LogP contribution in [0.1, 0.15) is 58.9 Å². The molecule has 1 heterocycles. The van der Waals surface area contributed by atoms with E-state index < -0.39 is 0 Å². The number of carbonyl (C=O) groups is 2. The van der Waals surface area contributed by atoms with Gasteiger partial charge in [-0.25, -0.2) is 0 Å². The van der Waals surface area contributed by atoms with Gasteiger partial charge in [-0.3, -0.25) is 9.59 Å². The average Bonchev–Trinajstić information content (AvgIpc) is 2.69. The zero-order valence-electron chi connectivity index (χ0n) is 12.0. The fourth-order valence-corrected chi connectivity index (χ4v) is 3.33. The molecule has 2 aliphatic rings. The second-order valence-corrected chi connectivity index (χ2v) is 6.08. The van der Waals surface area contributed by atoms with Crippen LogP contribution in [0.4, 0.5) is 0 Å². The molecule has 1 amide bonds. The molecule has 1 saturated heterocycles. The standard InChI is InChI=1S/C17H21NO2/c1-12-4-3-10-18(11-9-12)17(20)15-6-2-5-14-13(15)7-8-16(14)19/h2,5-6,12H,3-4,7-11H2,1H3/t12-/m0/s1. The van der Waals surface area contributed by atoms with Crippen molar-refractivity contribution in [1.29, 1.82) is 0 Å². The second-order valence-electron chi connectivity index (χ2n) is 6.08. The molecule has 3 nitrogen and oxygen atoms in total. The van der Waals surface area contributed by atoms with Gasteiger partial charge in [-0.15, -0.1) is 0 Å². The zero-order valence-corrected chi connectivity index (χ0v) is 12.0. The number of fused-ring (bicyclic) bond motifs is 1. The third-order valence-electron chi connectivity index (χ3n) is 4.61. The first kappa shape index (κ1) is 13.3. The van der Waals surface area contributed by atoms with E-state index in [4.69, 9.17) is 0 Å². The van der Waals surface area contributed by atoms with Gasteiger partial charge in [0.05, 0.1) is 0 Å². The summed E-state index contributed by atoms with van der Waals surface area (Å²) in [6.45, 7) is 3.95. The number of nitrogens with zero attached hydrogens (tertiary/aromatic N) is 1. The molecule has 0 spiro atoms. The molecule has 0 saturated carbocycles. The molecule has 1 aromatic carbocycles. The molecular weight excluding hydrogens is 250 g/mol. The van der Waals surface area contributed by atoms with Gasteiger partial charge in [-0.1, -0.05) is 19.1 Å². The molecule has 106 valence electrons. The van der Waals surface area contributed by atoms with Gasteiger partial charge >= 0.3 is 0 Å². The van der Waals surface area contributed by atoms with Crippen LogP contribution in [-0.4, -0.2) is 29.7 Å². The second kappa shape index (κ2) is 5.39. The Labute approximate surface area is 120 Å². The SMILES string of the molecule is C[C@H]1CCCN(C(=O)c2cccc3c2CCC3=O)CC1. The normalized spacial score (nSPS) is 22.6. The highest BCUT2D eigenvalue weighted by Gasteiger charge is 2.27. The van der Waals surface area contributed by atoms with Gasteiger partial charge in [0, 0.05) is 30.6 Å². The van der Waals surface area contributed by atoms with E-state index in [2.05, 4.69) is 6.92 Å². The molecule has 0 bridgehead atoms. The average molecular weight is 271 g/mol. The number of likely N-dealkylation sites (tertiary alicyclic amines) is 1. The molecular formula is C17H21NO2. The van der Waals surface area contributed by atoms with Crippen molar-refractivity contribution in [2.75, 3.05) is 13.1 Å². The Hall–Kier alpha value is -1.64. The van der Waals surface area contributed by atoms with Crippen molar-refractivity contribution in [1.82, 2.24) is 4.90 Å². The molecule has 1 aliphatic carbocycles. The number of Topliss-reactive ketones (excluding diaryl/α,β-unsaturated/α-hetero) is 1. The fraction of sp³-hybridized carbons (Fsp3) is 0.529. The van der Waals surface area contributed by atoms with E-state index >= 15 is 0 Å². The van der Waals surface area contributed by atoms with E-state index in [0.29, 0.717) is 12.3 Å². The van der Waals surface area contributed by atoms with Crippen LogP contribution in [0.3, 0.4) is 0 Å². The summed E-state index contributed by atoms with van der Waals surface area (Å²) in [5, 5.41) is 0. The van der Waals surface area contributed by atoms with E-state index in [1.165, 1.54) is 6.42 Å². The maximum absolute atomic E-state index is 12.7. The van der Waals surface area contributed by atoms with Crippen LogP contribution in [0.2, 0.25) is 0 Å². The minimum Gasteiger partial charge on any atom is -0.339 e. The van der Waals surface area contributed by atoms with E-state index in [0.717, 1.165) is 49.0 Å². The molecule has 1 fully saturated rings. The summed E-state index contributed by atoms with van der Waals surface area (Å²) in [6.07, 6.45) is 4.65. The minimum atomic E-state index is 0.116. The van der Waals surface area contributed by atoms with Crippen molar-refractivity contribution in [3.63, 3.8) is 0 Å². The van der Waals surface area contributed by atoms with E-state index in [1.54, 1.807) is 0 Å². The Balaban J connectivity index is 1.86. The van der Waals surface area contributed by atoms with E-state index in [1.807, 2.05) is 23.1 Å². The van der Waals surface area contributed by atoms with Crippen molar-refractivity contribution >= 4 is 11.7 Å². The minimum absolute atomic E-state index is 0.116. The highest BCUT2D eigenvalue weighted by Crippen LogP contribution is 2.27. The van der Waals surface area contributed by atoms with Gasteiger partial charge in [0.15, 0.2) is 5.78 Å². The highest BCUT2D eigenvalue weighted by molar-refractivity contribution is 6.05. The summed E-state index contributed by atoms with van der Waals surface area (Å²) < 4.78 is 0. The molecule has 0 N–H and O–H groups in total. The van der Waals surface area contributed by atoms with E-state index in [9.17, 15) is 9.59 Å². The molecule has 0 radical (unpaired) electrons. The maximum atomic E-state index is 12.7. The van der Waals surface area contributed by atoms with Crippen molar-refractivity contribution in [2.24, 2.45) is 5.92 Å². The molecule has 1 aliphatic heterocycles. The summed E-state index contributed by atoms with van der Waals surface area (Å²) in [5.74, 6) is 1.00. The first-order chi connectivity index (χ1) is 9.66. The largest absolute Gasteiger partial charge is 0.339 e. The summed E-state index contributed by atoms with van der Waals surface area (Å²) >= 11 is 0. The first-order valence-electron chi connectivity index (χ1n) is 7.61. The fourth-order valence-electron chi connectivity index (χ4n) is 3.33. The zero-order chi connectivity index (χ0) is 14.1. The molecule has 0 unspecified atom stereocenters. The van der Waals surface area contributed by atoms with E-state index in [-0.39, 0.29) is 11.7 Å². The summed E-state index contributed by atoms with van der Waals surface area (Å²) in [6, 6.07) is 5.58. The van der Waals surface area contributed by atoms with Gasteiger partial charge in [-0.05, 0) is 43.2 Å². The van der Waals surface area contributed by atoms with Crippen molar-refractivity contribution in [3.8, 4) is 0 Å². The van der Waals surface area contributed by atoms with Crippen LogP contribution in [0.25, 0.3) is 0 Å². The lowest BCUT2D eigenvalue weighted by atomic mass is 10.0. The number of amides is 1. The Morgan fingerprint density at radius 2 is 2.05 bits per heavy atom. The number of hydrogen-bond donors (Lipinski definition) is 0. The van der Waals surface area contributed by atoms with Crippen LogP contribution in [0, 0.1) is 5.92 Å². The Morgan fingerprint density at radius 1 is 1.20 bits per heavy atom. The summed E-state index contributed by atoms with van der Waals surface area (Å²) in [4.78, 5) is 26.5. The lowest BCUT2D eigenvalue weighted by molar-refractivity contribution is 0.0759. The highest BCUT2D eigenvalue weighted by atomic mass is 16.2. The topological polar surface area (TPSA) is 37.4 Å². The van der Waals surface area contributed by atoms with Crippen molar-refractivity contribution < 1.29 is 9.59 Å². The van der Waals surface area contributed by atoms with Crippen molar-refractivity contribution in [2.45, 2.75) is 39.0 Å². The molecule has 20 heavy (non-hydrogen) atoms. The molecule has 1 atom stereocenters. The monoisotopic (exact) mass is 271 g/mol. The first-order valence-corrected chi connectivity index (χ1v) is 7.61. The number of benzene rings is 1. The van der Waals surface area contributed by atoms with Gasteiger partial charge in [0.25, 0.3) is 5.91 Å². The Morgan fingerprint density at radius 3 is 2.90 bits per heavy atom. The Kier molecular flexibility index (Phi) is 3.60. The summed E-state index contributed by atoms with van der Waals surface area (Å²) in [5.41, 5.74) is 2.49. The third kappa shape index (κ3) is 2.37. The van der Waals surface area contributed by atoms with Crippen LogP contribution in [0.5, 0.6) is 0 Å². The predicted molar refractivity (Wildman–Crippen MR) is 78.0 cm³/mol. The molecule has 1 aromatic rings. The number of hydrogen-bond acceptors (Lipinski definition) is 2. The van der Waals surface area contributed by atoms with Gasteiger partial charge in [0.1, 0.15) is 0 Å². The molecule has 3 rings (SSSR count). The smallest absolute Gasteiger partial charge is 0.254 e. The van der Waals surface area contributed by atoms with Crippen LogP contribution in [-0.2, 0) is 6.42 Å². The lowest BCUT2D eigenvalue weighted by Gasteiger charge is -2.21. The van der Waals surface area contributed by atoms with Gasteiger partial charge in [0.2, 0.25) is 0 Å². The number of carbonyl (C=O) groups excluding carboxylic acids is 2. The summed E-state index contributed by atoms with van der Waals surface area (Å²) in [7, 11) is 0. The van der Waals surface area contributed by atoms with Crippen LogP contribution < -0.4 is 0 Å². The maximum Gasteiger partial charge on any atom is 0.254 e. The molecule has 3 heteroatoms. The quantitative estimate of drug-likeness (QED) is 0.787.